The van der Waals surface area contributed by atoms with Gasteiger partial charge in [0.15, 0.2) is 5.69 Å². The van der Waals surface area contributed by atoms with Crippen molar-refractivity contribution in [3.63, 3.8) is 0 Å². The quantitative estimate of drug-likeness (QED) is 0.948. The number of methoxy groups -OCH3 is 1. The molecular weight excluding hydrogens is 295 g/mol. The van der Waals surface area contributed by atoms with E-state index in [2.05, 4.69) is 5.10 Å². The van der Waals surface area contributed by atoms with Crippen molar-refractivity contribution in [1.29, 1.82) is 0 Å². The van der Waals surface area contributed by atoms with Crippen molar-refractivity contribution in [3.8, 4) is 11.4 Å². The molecule has 0 aliphatic carbocycles. The molecule has 0 aliphatic heterocycles. The van der Waals surface area contributed by atoms with Crippen LogP contribution in [0.5, 0.6) is 5.75 Å². The number of benzene rings is 1. The Labute approximate surface area is 117 Å². The Morgan fingerprint density at radius 2 is 2.05 bits per heavy atom. The van der Waals surface area contributed by atoms with Crippen molar-refractivity contribution in [2.24, 2.45) is 5.73 Å². The van der Waals surface area contributed by atoms with E-state index in [0.717, 1.165) is 10.7 Å². The van der Waals surface area contributed by atoms with E-state index < -0.39 is 11.9 Å². The topological polar surface area (TPSA) is 53.1 Å². The minimum Gasteiger partial charge on any atom is -0.494 e. The van der Waals surface area contributed by atoms with Gasteiger partial charge >= 0.3 is 6.18 Å². The second kappa shape index (κ2) is 5.34. The Morgan fingerprint density at radius 1 is 1.35 bits per heavy atom. The lowest BCUT2D eigenvalue weighted by molar-refractivity contribution is -0.141. The molecule has 0 aliphatic rings. The first-order valence-electron chi connectivity index (χ1n) is 5.57. The van der Waals surface area contributed by atoms with Crippen LogP contribution in [0.1, 0.15) is 11.4 Å². The van der Waals surface area contributed by atoms with E-state index in [1.165, 1.54) is 13.2 Å². The summed E-state index contributed by atoms with van der Waals surface area (Å²) in [7, 11) is 1.41. The highest BCUT2D eigenvalue weighted by Gasteiger charge is 2.35. The molecule has 0 saturated heterocycles. The average Bonchev–Trinajstić information content (AvgIpc) is 2.82. The summed E-state index contributed by atoms with van der Waals surface area (Å²) in [5.41, 5.74) is 4.97. The predicted octanol–water partition coefficient (Wildman–Crippen LogP) is 3.01. The van der Waals surface area contributed by atoms with Crippen LogP contribution in [0.2, 0.25) is 5.02 Å². The molecule has 4 nitrogen and oxygen atoms in total. The molecule has 1 aromatic carbocycles. The molecule has 0 unspecified atom stereocenters. The molecule has 0 radical (unpaired) electrons. The molecule has 0 fully saturated rings. The van der Waals surface area contributed by atoms with E-state index in [-0.39, 0.29) is 12.2 Å². The zero-order valence-corrected chi connectivity index (χ0v) is 11.2. The van der Waals surface area contributed by atoms with E-state index in [0.29, 0.717) is 16.5 Å². The highest BCUT2D eigenvalue weighted by Crippen LogP contribution is 2.32. The molecule has 8 heteroatoms. The summed E-state index contributed by atoms with van der Waals surface area (Å²) in [6, 6.07) is 5.49. The van der Waals surface area contributed by atoms with Crippen LogP contribution in [0.25, 0.3) is 5.69 Å². The van der Waals surface area contributed by atoms with Crippen molar-refractivity contribution in [2.75, 3.05) is 7.11 Å². The third-order valence-corrected chi connectivity index (χ3v) is 2.89. The van der Waals surface area contributed by atoms with E-state index >= 15 is 0 Å². The summed E-state index contributed by atoms with van der Waals surface area (Å²) in [5, 5.41) is 3.90. The molecule has 20 heavy (non-hydrogen) atoms. The lowest BCUT2D eigenvalue weighted by atomic mass is 10.2. The Morgan fingerprint density at radius 3 is 2.60 bits per heavy atom. The molecule has 2 rings (SSSR count). The molecular formula is C12H11ClF3N3O. The number of nitrogens with zero attached hydrogens (tertiary/aromatic N) is 2. The average molecular weight is 306 g/mol. The fourth-order valence-corrected chi connectivity index (χ4v) is 1.91. The second-order valence-corrected chi connectivity index (χ2v) is 4.39. The number of nitrogens with two attached hydrogens (primary N) is 1. The van der Waals surface area contributed by atoms with Crippen LogP contribution in [0.15, 0.2) is 24.3 Å². The number of ether oxygens (including phenoxy) is 1. The Bertz CT molecular complexity index is 625. The lowest BCUT2D eigenvalue weighted by Gasteiger charge is -2.11. The first-order chi connectivity index (χ1) is 9.36. The molecule has 2 N–H and O–H groups in total. The Kier molecular flexibility index (Phi) is 3.92. The van der Waals surface area contributed by atoms with Crippen molar-refractivity contribution in [2.45, 2.75) is 12.7 Å². The molecule has 0 amide bonds. The van der Waals surface area contributed by atoms with Crippen LogP contribution in [-0.2, 0) is 12.7 Å². The molecule has 0 bridgehead atoms. The van der Waals surface area contributed by atoms with Crippen LogP contribution in [0, 0.1) is 0 Å². The third kappa shape index (κ3) is 2.73. The maximum atomic E-state index is 12.7. The highest BCUT2D eigenvalue weighted by atomic mass is 35.5. The molecule has 108 valence electrons. The Hall–Kier alpha value is -1.73. The summed E-state index contributed by atoms with van der Waals surface area (Å²) in [5.74, 6) is 0.348. The molecule has 1 aromatic heterocycles. The van der Waals surface area contributed by atoms with Crippen LogP contribution in [0.3, 0.4) is 0 Å². The van der Waals surface area contributed by atoms with E-state index in [1.54, 1.807) is 12.1 Å². The van der Waals surface area contributed by atoms with Crippen molar-refractivity contribution < 1.29 is 17.9 Å². The number of halogens is 4. The molecule has 0 saturated carbocycles. The van der Waals surface area contributed by atoms with Crippen LogP contribution < -0.4 is 10.5 Å². The SMILES string of the molecule is COc1ccc(Cl)cc1-n1nc(C(F)(F)F)cc1CN. The summed E-state index contributed by atoms with van der Waals surface area (Å²) in [6.07, 6.45) is -4.54. The maximum Gasteiger partial charge on any atom is 0.435 e. The number of aromatic nitrogens is 2. The standard InChI is InChI=1S/C12H11ClF3N3O/c1-20-10-3-2-7(13)4-9(10)19-8(6-17)5-11(18-19)12(14,15)16/h2-5H,6,17H2,1H3. The van der Waals surface area contributed by atoms with Crippen molar-refractivity contribution in [3.05, 3.63) is 40.7 Å². The summed E-state index contributed by atoms with van der Waals surface area (Å²) < 4.78 is 44.4. The largest absolute Gasteiger partial charge is 0.494 e. The molecule has 0 atom stereocenters. The number of alkyl halides is 3. The van der Waals surface area contributed by atoms with Gasteiger partial charge in [0.1, 0.15) is 11.4 Å². The van der Waals surface area contributed by atoms with Crippen molar-refractivity contribution in [1.82, 2.24) is 9.78 Å². The van der Waals surface area contributed by atoms with Gasteiger partial charge in [0.25, 0.3) is 0 Å². The van der Waals surface area contributed by atoms with E-state index in [9.17, 15) is 13.2 Å². The van der Waals surface area contributed by atoms with Gasteiger partial charge in [0.05, 0.1) is 12.8 Å². The zero-order chi connectivity index (χ0) is 14.9. The predicted molar refractivity (Wildman–Crippen MR) is 68.0 cm³/mol. The number of rotatable bonds is 3. The van der Waals surface area contributed by atoms with Gasteiger partial charge in [0.2, 0.25) is 0 Å². The normalized spacial score (nSPS) is 11.7. The number of hydrogen-bond donors (Lipinski definition) is 1. The first-order valence-corrected chi connectivity index (χ1v) is 5.94. The minimum absolute atomic E-state index is 0.0985. The van der Waals surface area contributed by atoms with Gasteiger partial charge in [-0.3, -0.25) is 0 Å². The molecule has 2 aromatic rings. The van der Waals surface area contributed by atoms with Gasteiger partial charge in [-0.1, -0.05) is 11.6 Å². The fraction of sp³-hybridized carbons (Fsp3) is 0.250. The van der Waals surface area contributed by atoms with E-state index in [4.69, 9.17) is 22.1 Å². The number of hydrogen-bond acceptors (Lipinski definition) is 3. The highest BCUT2D eigenvalue weighted by molar-refractivity contribution is 6.30. The first kappa shape index (κ1) is 14.7. The summed E-state index contributed by atoms with van der Waals surface area (Å²) >= 11 is 5.87. The van der Waals surface area contributed by atoms with Gasteiger partial charge in [0, 0.05) is 11.6 Å². The van der Waals surface area contributed by atoms with Gasteiger partial charge < -0.3 is 10.5 Å². The minimum atomic E-state index is -4.54. The maximum absolute atomic E-state index is 12.7. The summed E-state index contributed by atoms with van der Waals surface area (Å²) in [4.78, 5) is 0. The van der Waals surface area contributed by atoms with E-state index in [1.807, 2.05) is 0 Å². The van der Waals surface area contributed by atoms with Gasteiger partial charge in [-0.2, -0.15) is 18.3 Å². The van der Waals surface area contributed by atoms with Gasteiger partial charge in [-0.15, -0.1) is 0 Å². The third-order valence-electron chi connectivity index (χ3n) is 2.65. The Balaban J connectivity index is 2.63. The smallest absolute Gasteiger partial charge is 0.435 e. The summed E-state index contributed by atoms with van der Waals surface area (Å²) in [6.45, 7) is -0.0985. The zero-order valence-electron chi connectivity index (χ0n) is 10.4. The molecule has 0 spiro atoms. The molecule has 1 heterocycles. The van der Waals surface area contributed by atoms with Crippen LogP contribution >= 0.6 is 11.6 Å². The van der Waals surface area contributed by atoms with Crippen molar-refractivity contribution >= 4 is 11.6 Å². The van der Waals surface area contributed by atoms with Crippen LogP contribution in [0.4, 0.5) is 13.2 Å². The monoisotopic (exact) mass is 305 g/mol. The lowest BCUT2D eigenvalue weighted by Crippen LogP contribution is -2.09. The second-order valence-electron chi connectivity index (χ2n) is 3.95. The van der Waals surface area contributed by atoms with Gasteiger partial charge in [-0.25, -0.2) is 4.68 Å². The fourth-order valence-electron chi connectivity index (χ4n) is 1.74. The van der Waals surface area contributed by atoms with Crippen LogP contribution in [-0.4, -0.2) is 16.9 Å². The van der Waals surface area contributed by atoms with Gasteiger partial charge in [-0.05, 0) is 24.3 Å².